The van der Waals surface area contributed by atoms with Crippen LogP contribution in [-0.2, 0) is 21.0 Å². The first kappa shape index (κ1) is 17.2. The molecule has 5 heteroatoms. The molecule has 27 heavy (non-hydrogen) atoms. The number of benzene rings is 3. The van der Waals surface area contributed by atoms with Gasteiger partial charge in [0.1, 0.15) is 0 Å². The second kappa shape index (κ2) is 7.60. The Bertz CT molecular complexity index is 966. The fourth-order valence-corrected chi connectivity index (χ4v) is 3.41. The topological polar surface area (TPSA) is 58.6 Å². The number of anilines is 1. The van der Waals surface area contributed by atoms with E-state index in [1.165, 1.54) is 0 Å². The third kappa shape index (κ3) is 3.68. The van der Waals surface area contributed by atoms with Crippen molar-refractivity contribution in [2.24, 2.45) is 5.92 Å². The molecule has 0 unspecified atom stereocenters. The molecule has 1 N–H and O–H groups in total. The van der Waals surface area contributed by atoms with Crippen LogP contribution in [-0.4, -0.2) is 18.4 Å². The number of hydrogen-bond donors (Lipinski definition) is 1. The quantitative estimate of drug-likeness (QED) is 0.709. The number of hydroxylamine groups is 1. The molecule has 4 rings (SSSR count). The molecular formula is C22H20N2O3. The van der Waals surface area contributed by atoms with Gasteiger partial charge in [-0.25, -0.2) is 5.48 Å². The van der Waals surface area contributed by atoms with E-state index in [1.54, 1.807) is 4.90 Å². The van der Waals surface area contributed by atoms with Crippen molar-refractivity contribution in [3.63, 3.8) is 0 Å². The van der Waals surface area contributed by atoms with Crippen LogP contribution >= 0.6 is 0 Å². The van der Waals surface area contributed by atoms with Crippen LogP contribution in [0, 0.1) is 5.92 Å². The van der Waals surface area contributed by atoms with Gasteiger partial charge >= 0.3 is 0 Å². The maximum absolute atomic E-state index is 12.5. The van der Waals surface area contributed by atoms with E-state index in [2.05, 4.69) is 5.48 Å². The summed E-state index contributed by atoms with van der Waals surface area (Å²) in [5.41, 5.74) is 4.30. The van der Waals surface area contributed by atoms with Gasteiger partial charge in [0.05, 0.1) is 18.2 Å². The molecule has 3 aromatic carbocycles. The Kier molecular flexibility index (Phi) is 4.85. The normalized spacial score (nSPS) is 16.7. The molecule has 1 heterocycles. The summed E-state index contributed by atoms with van der Waals surface area (Å²) < 4.78 is 0. The molecule has 5 nitrogen and oxygen atoms in total. The van der Waals surface area contributed by atoms with Crippen molar-refractivity contribution < 1.29 is 14.4 Å². The van der Waals surface area contributed by atoms with Crippen LogP contribution in [0.1, 0.15) is 12.0 Å². The SMILES string of the molecule is O=C(NOCc1ccccc1)[C@@H]1CC(=O)N(c2cccc3ccccc23)C1. The molecule has 1 aliphatic heterocycles. The Labute approximate surface area is 157 Å². The van der Waals surface area contributed by atoms with Gasteiger partial charge in [0.2, 0.25) is 11.8 Å². The Morgan fingerprint density at radius 3 is 2.59 bits per heavy atom. The van der Waals surface area contributed by atoms with Gasteiger partial charge in [0, 0.05) is 18.4 Å². The first-order chi connectivity index (χ1) is 13.2. The number of carbonyl (C=O) groups excluding carboxylic acids is 2. The van der Waals surface area contributed by atoms with Gasteiger partial charge in [-0.2, -0.15) is 0 Å². The fourth-order valence-electron chi connectivity index (χ4n) is 3.41. The Balaban J connectivity index is 1.42. The Hall–Kier alpha value is -3.18. The number of carbonyl (C=O) groups is 2. The van der Waals surface area contributed by atoms with Gasteiger partial charge in [-0.05, 0) is 17.0 Å². The fraction of sp³-hybridized carbons (Fsp3) is 0.182. The van der Waals surface area contributed by atoms with E-state index in [0.29, 0.717) is 13.2 Å². The van der Waals surface area contributed by atoms with E-state index in [4.69, 9.17) is 4.84 Å². The predicted molar refractivity (Wildman–Crippen MR) is 104 cm³/mol. The van der Waals surface area contributed by atoms with Gasteiger partial charge in [0.15, 0.2) is 0 Å². The molecule has 1 saturated heterocycles. The van der Waals surface area contributed by atoms with E-state index in [9.17, 15) is 9.59 Å². The van der Waals surface area contributed by atoms with E-state index < -0.39 is 5.92 Å². The van der Waals surface area contributed by atoms with Crippen LogP contribution in [0.4, 0.5) is 5.69 Å². The molecule has 0 aromatic heterocycles. The summed E-state index contributed by atoms with van der Waals surface area (Å²) in [4.78, 5) is 31.9. The van der Waals surface area contributed by atoms with Gasteiger partial charge in [-0.1, -0.05) is 66.7 Å². The smallest absolute Gasteiger partial charge is 0.248 e. The summed E-state index contributed by atoms with van der Waals surface area (Å²) in [5.74, 6) is -0.733. The minimum atomic E-state index is -0.424. The zero-order chi connectivity index (χ0) is 18.6. The minimum absolute atomic E-state index is 0.0467. The van der Waals surface area contributed by atoms with Crippen LogP contribution in [0.15, 0.2) is 72.8 Å². The van der Waals surface area contributed by atoms with Gasteiger partial charge in [0.25, 0.3) is 0 Å². The summed E-state index contributed by atoms with van der Waals surface area (Å²) in [6.07, 6.45) is 0.184. The minimum Gasteiger partial charge on any atom is -0.311 e. The standard InChI is InChI=1S/C22H20N2O3/c25-21-13-18(22(26)23-27-15-16-7-2-1-3-8-16)14-24(21)20-12-6-10-17-9-4-5-11-19(17)20/h1-12,18H,13-15H2,(H,23,26)/t18-/m1/s1. The lowest BCUT2D eigenvalue weighted by molar-refractivity contribution is -0.138. The monoisotopic (exact) mass is 360 g/mol. The lowest BCUT2D eigenvalue weighted by Crippen LogP contribution is -2.33. The average Bonchev–Trinajstić information content (AvgIpc) is 3.10. The molecule has 2 amide bonds. The first-order valence-corrected chi connectivity index (χ1v) is 8.96. The highest BCUT2D eigenvalue weighted by atomic mass is 16.6. The molecule has 1 fully saturated rings. The van der Waals surface area contributed by atoms with Crippen molar-refractivity contribution in [1.82, 2.24) is 5.48 Å². The first-order valence-electron chi connectivity index (χ1n) is 8.96. The molecule has 136 valence electrons. The van der Waals surface area contributed by atoms with Crippen molar-refractivity contribution in [2.75, 3.05) is 11.4 Å². The molecule has 0 bridgehead atoms. The van der Waals surface area contributed by atoms with E-state index in [1.807, 2.05) is 72.8 Å². The van der Waals surface area contributed by atoms with Crippen LogP contribution in [0.5, 0.6) is 0 Å². The Morgan fingerprint density at radius 2 is 1.74 bits per heavy atom. The number of amides is 2. The number of hydrogen-bond acceptors (Lipinski definition) is 3. The van der Waals surface area contributed by atoms with Crippen LogP contribution in [0.3, 0.4) is 0 Å². The number of rotatable bonds is 5. The molecular weight excluding hydrogens is 340 g/mol. The van der Waals surface area contributed by atoms with Crippen LogP contribution in [0.25, 0.3) is 10.8 Å². The van der Waals surface area contributed by atoms with Crippen LogP contribution < -0.4 is 10.4 Å². The van der Waals surface area contributed by atoms with Crippen LogP contribution in [0.2, 0.25) is 0 Å². The number of nitrogens with zero attached hydrogens (tertiary/aromatic N) is 1. The number of nitrogens with one attached hydrogen (secondary N) is 1. The summed E-state index contributed by atoms with van der Waals surface area (Å²) in [7, 11) is 0. The molecule has 1 aliphatic rings. The number of fused-ring (bicyclic) bond motifs is 1. The lowest BCUT2D eigenvalue weighted by Gasteiger charge is -2.19. The summed E-state index contributed by atoms with van der Waals surface area (Å²) in [6.45, 7) is 0.646. The van der Waals surface area contributed by atoms with Gasteiger partial charge in [-0.15, -0.1) is 0 Å². The van der Waals surface area contributed by atoms with Crippen molar-refractivity contribution in [2.45, 2.75) is 13.0 Å². The molecule has 0 aliphatic carbocycles. The van der Waals surface area contributed by atoms with Gasteiger partial charge in [-0.3, -0.25) is 14.4 Å². The molecule has 0 spiro atoms. The van der Waals surface area contributed by atoms with Crippen molar-refractivity contribution in [1.29, 1.82) is 0 Å². The van der Waals surface area contributed by atoms with E-state index in [-0.39, 0.29) is 18.2 Å². The third-order valence-corrected chi connectivity index (χ3v) is 4.81. The second-order valence-corrected chi connectivity index (χ2v) is 6.64. The largest absolute Gasteiger partial charge is 0.311 e. The van der Waals surface area contributed by atoms with Crippen molar-refractivity contribution >= 4 is 28.3 Å². The molecule has 3 aromatic rings. The average molecular weight is 360 g/mol. The molecule has 1 atom stereocenters. The zero-order valence-corrected chi connectivity index (χ0v) is 14.8. The summed E-state index contributed by atoms with van der Waals surface area (Å²) in [5, 5.41) is 2.08. The second-order valence-electron chi connectivity index (χ2n) is 6.64. The zero-order valence-electron chi connectivity index (χ0n) is 14.8. The molecule has 0 saturated carbocycles. The van der Waals surface area contributed by atoms with E-state index >= 15 is 0 Å². The van der Waals surface area contributed by atoms with Gasteiger partial charge < -0.3 is 4.90 Å². The summed E-state index contributed by atoms with van der Waals surface area (Å²) >= 11 is 0. The lowest BCUT2D eigenvalue weighted by atomic mass is 10.1. The highest BCUT2D eigenvalue weighted by Gasteiger charge is 2.35. The molecule has 0 radical (unpaired) electrons. The highest BCUT2D eigenvalue weighted by Crippen LogP contribution is 2.31. The maximum Gasteiger partial charge on any atom is 0.248 e. The van der Waals surface area contributed by atoms with E-state index in [0.717, 1.165) is 22.0 Å². The highest BCUT2D eigenvalue weighted by molar-refractivity contribution is 6.06. The predicted octanol–water partition coefficient (Wildman–Crippen LogP) is 3.44. The Morgan fingerprint density at radius 1 is 1.00 bits per heavy atom. The maximum atomic E-state index is 12.5. The third-order valence-electron chi connectivity index (χ3n) is 4.81. The van der Waals surface area contributed by atoms with Crippen molar-refractivity contribution in [3.05, 3.63) is 78.4 Å². The summed E-state index contributed by atoms with van der Waals surface area (Å²) in [6, 6.07) is 23.4. The van der Waals surface area contributed by atoms with Crippen molar-refractivity contribution in [3.8, 4) is 0 Å².